The van der Waals surface area contributed by atoms with Crippen molar-refractivity contribution in [1.82, 2.24) is 5.32 Å². The molecule has 1 unspecified atom stereocenters. The van der Waals surface area contributed by atoms with Crippen LogP contribution in [0.5, 0.6) is 0 Å². The summed E-state index contributed by atoms with van der Waals surface area (Å²) in [5, 5.41) is 3.12. The van der Waals surface area contributed by atoms with Gasteiger partial charge in [0, 0.05) is 31.4 Å². The Hall–Kier alpha value is -1.94. The van der Waals surface area contributed by atoms with E-state index in [0.717, 1.165) is 11.3 Å². The minimum absolute atomic E-state index is 0.119. The summed E-state index contributed by atoms with van der Waals surface area (Å²) in [6.45, 7) is 0. The van der Waals surface area contributed by atoms with Crippen molar-refractivity contribution >= 4 is 5.69 Å². The van der Waals surface area contributed by atoms with Crippen LogP contribution in [0.3, 0.4) is 0 Å². The summed E-state index contributed by atoms with van der Waals surface area (Å²) in [5.41, 5.74) is 2.21. The first kappa shape index (κ1) is 15.4. The zero-order valence-corrected chi connectivity index (χ0v) is 12.5. The van der Waals surface area contributed by atoms with E-state index in [9.17, 15) is 8.78 Å². The maximum Gasteiger partial charge on any atom is 0.129 e. The van der Waals surface area contributed by atoms with Crippen LogP contribution in [0.2, 0.25) is 0 Å². The van der Waals surface area contributed by atoms with E-state index < -0.39 is 11.6 Å². The fraction of sp³-hybridized carbons (Fsp3) is 0.294. The highest BCUT2D eigenvalue weighted by molar-refractivity contribution is 5.46. The second kappa shape index (κ2) is 6.68. The fourth-order valence-corrected chi connectivity index (χ4v) is 2.32. The van der Waals surface area contributed by atoms with Crippen LogP contribution in [0.25, 0.3) is 0 Å². The van der Waals surface area contributed by atoms with Gasteiger partial charge in [0.05, 0.1) is 0 Å². The van der Waals surface area contributed by atoms with E-state index in [1.165, 1.54) is 18.2 Å². The minimum Gasteiger partial charge on any atom is -0.378 e. The first-order valence-corrected chi connectivity index (χ1v) is 6.90. The number of nitrogens with zero attached hydrogens (tertiary/aromatic N) is 1. The Labute approximate surface area is 124 Å². The summed E-state index contributed by atoms with van der Waals surface area (Å²) >= 11 is 0. The molecule has 2 aromatic carbocycles. The summed E-state index contributed by atoms with van der Waals surface area (Å²) in [5.74, 6) is -1.000. The van der Waals surface area contributed by atoms with E-state index in [2.05, 4.69) is 5.32 Å². The maximum atomic E-state index is 13.8. The largest absolute Gasteiger partial charge is 0.378 e. The molecule has 0 fully saturated rings. The van der Waals surface area contributed by atoms with Gasteiger partial charge in [0.25, 0.3) is 0 Å². The third-order valence-electron chi connectivity index (χ3n) is 3.63. The molecule has 0 spiro atoms. The number of benzene rings is 2. The Bertz CT molecular complexity index is 574. The average Bonchev–Trinajstić information content (AvgIpc) is 2.47. The first-order chi connectivity index (χ1) is 10.0. The summed E-state index contributed by atoms with van der Waals surface area (Å²) in [6.07, 6.45) is 0.274. The molecule has 21 heavy (non-hydrogen) atoms. The van der Waals surface area contributed by atoms with Crippen LogP contribution < -0.4 is 10.2 Å². The Morgan fingerprint density at radius 1 is 1.00 bits per heavy atom. The second-order valence-corrected chi connectivity index (χ2v) is 5.23. The molecule has 0 saturated carbocycles. The van der Waals surface area contributed by atoms with Crippen molar-refractivity contribution in [3.63, 3.8) is 0 Å². The molecule has 1 atom stereocenters. The SMILES string of the molecule is CNC(Cc1c(F)cccc1F)c1ccc(N(C)C)cc1. The van der Waals surface area contributed by atoms with Crippen LogP contribution in [0.4, 0.5) is 14.5 Å². The maximum absolute atomic E-state index is 13.8. The zero-order valence-electron chi connectivity index (χ0n) is 12.5. The van der Waals surface area contributed by atoms with Crippen molar-refractivity contribution in [2.75, 3.05) is 26.0 Å². The summed E-state index contributed by atoms with van der Waals surface area (Å²) < 4.78 is 27.5. The predicted octanol–water partition coefficient (Wildman–Crippen LogP) is 3.53. The van der Waals surface area contributed by atoms with Gasteiger partial charge in [-0.3, -0.25) is 0 Å². The van der Waals surface area contributed by atoms with Gasteiger partial charge in [-0.25, -0.2) is 8.78 Å². The lowest BCUT2D eigenvalue weighted by atomic mass is 9.98. The molecule has 0 aliphatic rings. The first-order valence-electron chi connectivity index (χ1n) is 6.90. The lowest BCUT2D eigenvalue weighted by Gasteiger charge is -2.19. The Balaban J connectivity index is 2.24. The third-order valence-corrected chi connectivity index (χ3v) is 3.63. The van der Waals surface area contributed by atoms with Crippen LogP contribution >= 0.6 is 0 Å². The molecule has 0 bridgehead atoms. The highest BCUT2D eigenvalue weighted by Crippen LogP contribution is 2.23. The Morgan fingerprint density at radius 3 is 2.05 bits per heavy atom. The minimum atomic E-state index is -0.500. The molecule has 0 aliphatic heterocycles. The molecule has 0 aromatic heterocycles. The normalized spacial score (nSPS) is 12.2. The molecular formula is C17H20F2N2. The molecule has 0 saturated heterocycles. The standard InChI is InChI=1S/C17H20F2N2/c1-20-17(11-14-15(18)5-4-6-16(14)19)12-7-9-13(10-8-12)21(2)3/h4-10,17,20H,11H2,1-3H3. The number of anilines is 1. The molecule has 4 heteroatoms. The van der Waals surface area contributed by atoms with Crippen molar-refractivity contribution in [3.8, 4) is 0 Å². The third kappa shape index (κ3) is 3.58. The molecule has 0 heterocycles. The number of nitrogens with one attached hydrogen (secondary N) is 1. The van der Waals surface area contributed by atoms with Crippen molar-refractivity contribution in [1.29, 1.82) is 0 Å². The summed E-state index contributed by atoms with van der Waals surface area (Å²) in [7, 11) is 5.74. The summed E-state index contributed by atoms with van der Waals surface area (Å²) in [6, 6.07) is 11.8. The van der Waals surface area contributed by atoms with Gasteiger partial charge in [-0.05, 0) is 43.3 Å². The lowest BCUT2D eigenvalue weighted by molar-refractivity contribution is 0.515. The quantitative estimate of drug-likeness (QED) is 0.906. The topological polar surface area (TPSA) is 15.3 Å². The molecule has 0 aliphatic carbocycles. The summed E-state index contributed by atoms with van der Waals surface area (Å²) in [4.78, 5) is 2.01. The van der Waals surface area contributed by atoms with E-state index in [1.54, 1.807) is 7.05 Å². The van der Waals surface area contributed by atoms with Gasteiger partial charge < -0.3 is 10.2 Å². The highest BCUT2D eigenvalue weighted by Gasteiger charge is 2.16. The van der Waals surface area contributed by atoms with Gasteiger partial charge in [0.2, 0.25) is 0 Å². The van der Waals surface area contributed by atoms with E-state index in [4.69, 9.17) is 0 Å². The van der Waals surface area contributed by atoms with Crippen LogP contribution in [-0.2, 0) is 6.42 Å². The van der Waals surface area contributed by atoms with E-state index in [0.29, 0.717) is 0 Å². The second-order valence-electron chi connectivity index (χ2n) is 5.23. The Morgan fingerprint density at radius 2 is 1.57 bits per heavy atom. The highest BCUT2D eigenvalue weighted by atomic mass is 19.1. The zero-order chi connectivity index (χ0) is 15.4. The number of hydrogen-bond acceptors (Lipinski definition) is 2. The molecule has 2 nitrogen and oxygen atoms in total. The molecule has 1 N–H and O–H groups in total. The average molecular weight is 290 g/mol. The van der Waals surface area contributed by atoms with Gasteiger partial charge in [0.1, 0.15) is 11.6 Å². The van der Waals surface area contributed by atoms with Gasteiger partial charge in [-0.2, -0.15) is 0 Å². The van der Waals surface area contributed by atoms with Gasteiger partial charge >= 0.3 is 0 Å². The predicted molar refractivity (Wildman–Crippen MR) is 82.6 cm³/mol. The molecule has 2 aromatic rings. The fourth-order valence-electron chi connectivity index (χ4n) is 2.32. The lowest BCUT2D eigenvalue weighted by Crippen LogP contribution is -2.20. The number of rotatable bonds is 5. The van der Waals surface area contributed by atoms with Gasteiger partial charge in [0.15, 0.2) is 0 Å². The number of likely N-dealkylation sites (N-methyl/N-ethyl adjacent to an activating group) is 1. The monoisotopic (exact) mass is 290 g/mol. The van der Waals surface area contributed by atoms with E-state index in [-0.39, 0.29) is 18.0 Å². The smallest absolute Gasteiger partial charge is 0.129 e. The van der Waals surface area contributed by atoms with Crippen LogP contribution in [-0.4, -0.2) is 21.1 Å². The van der Waals surface area contributed by atoms with Crippen LogP contribution in [0, 0.1) is 11.6 Å². The molecular weight excluding hydrogens is 270 g/mol. The molecule has 112 valence electrons. The van der Waals surface area contributed by atoms with Crippen molar-refractivity contribution in [2.24, 2.45) is 0 Å². The van der Waals surface area contributed by atoms with E-state index in [1.807, 2.05) is 43.3 Å². The van der Waals surface area contributed by atoms with Gasteiger partial charge in [-0.15, -0.1) is 0 Å². The molecule has 0 radical (unpaired) electrons. The van der Waals surface area contributed by atoms with E-state index >= 15 is 0 Å². The Kier molecular flexibility index (Phi) is 4.91. The van der Waals surface area contributed by atoms with Gasteiger partial charge in [-0.1, -0.05) is 18.2 Å². The van der Waals surface area contributed by atoms with Crippen LogP contribution in [0.15, 0.2) is 42.5 Å². The number of hydrogen-bond donors (Lipinski definition) is 1. The molecule has 0 amide bonds. The van der Waals surface area contributed by atoms with Crippen molar-refractivity contribution in [2.45, 2.75) is 12.5 Å². The van der Waals surface area contributed by atoms with Crippen molar-refractivity contribution in [3.05, 3.63) is 65.2 Å². The molecule has 2 rings (SSSR count). The van der Waals surface area contributed by atoms with Crippen molar-refractivity contribution < 1.29 is 8.78 Å². The number of halogens is 2. The van der Waals surface area contributed by atoms with Crippen LogP contribution in [0.1, 0.15) is 17.2 Å².